The Balaban J connectivity index is 2.56. The number of aromatic nitrogens is 2. The summed E-state index contributed by atoms with van der Waals surface area (Å²) >= 11 is 0. The van der Waals surface area contributed by atoms with Gasteiger partial charge in [0.25, 0.3) is 0 Å². The van der Waals surface area contributed by atoms with Crippen LogP contribution in [-0.4, -0.2) is 17.2 Å². The standard InChI is InChI=1S/C14H19N3/c1-9-5-10(2)13(11(3)6-9)14-12(7-15-4)8-16-17-14/h5-6,8,15H,7H2,1-4H3,(H,16,17). The molecule has 0 saturated heterocycles. The summed E-state index contributed by atoms with van der Waals surface area (Å²) in [6, 6.07) is 4.43. The molecule has 2 aromatic rings. The second-order valence-corrected chi connectivity index (χ2v) is 4.57. The summed E-state index contributed by atoms with van der Waals surface area (Å²) in [5, 5.41) is 10.4. The van der Waals surface area contributed by atoms with Crippen LogP contribution in [0.4, 0.5) is 0 Å². The molecule has 0 spiro atoms. The Morgan fingerprint density at radius 3 is 2.41 bits per heavy atom. The fraction of sp³-hybridized carbons (Fsp3) is 0.357. The van der Waals surface area contributed by atoms with Gasteiger partial charge in [0.1, 0.15) is 0 Å². The molecule has 3 nitrogen and oxygen atoms in total. The van der Waals surface area contributed by atoms with Gasteiger partial charge in [-0.2, -0.15) is 5.10 Å². The molecule has 90 valence electrons. The second-order valence-electron chi connectivity index (χ2n) is 4.57. The van der Waals surface area contributed by atoms with Crippen molar-refractivity contribution < 1.29 is 0 Å². The number of rotatable bonds is 3. The SMILES string of the molecule is CNCc1cn[nH]c1-c1c(C)cc(C)cc1C. The first-order valence-corrected chi connectivity index (χ1v) is 5.88. The zero-order valence-corrected chi connectivity index (χ0v) is 10.9. The smallest absolute Gasteiger partial charge is 0.0700 e. The zero-order valence-electron chi connectivity index (χ0n) is 10.9. The predicted octanol–water partition coefficient (Wildman–Crippen LogP) is 2.72. The van der Waals surface area contributed by atoms with Gasteiger partial charge in [-0.05, 0) is 38.9 Å². The molecule has 1 heterocycles. The highest BCUT2D eigenvalue weighted by Crippen LogP contribution is 2.29. The number of hydrogen-bond donors (Lipinski definition) is 2. The van der Waals surface area contributed by atoms with Crippen LogP contribution in [0.3, 0.4) is 0 Å². The summed E-state index contributed by atoms with van der Waals surface area (Å²) in [7, 11) is 1.95. The maximum Gasteiger partial charge on any atom is 0.0700 e. The first-order chi connectivity index (χ1) is 8.13. The topological polar surface area (TPSA) is 40.7 Å². The van der Waals surface area contributed by atoms with E-state index in [2.05, 4.69) is 48.4 Å². The zero-order chi connectivity index (χ0) is 12.4. The van der Waals surface area contributed by atoms with Crippen molar-refractivity contribution in [3.63, 3.8) is 0 Å². The molecule has 2 rings (SSSR count). The van der Waals surface area contributed by atoms with E-state index in [0.29, 0.717) is 0 Å². The van der Waals surface area contributed by atoms with Gasteiger partial charge in [-0.15, -0.1) is 0 Å². The van der Waals surface area contributed by atoms with Crippen LogP contribution in [0, 0.1) is 20.8 Å². The molecule has 0 aliphatic carbocycles. The number of benzene rings is 1. The van der Waals surface area contributed by atoms with Gasteiger partial charge in [-0.1, -0.05) is 17.7 Å². The van der Waals surface area contributed by atoms with Crippen LogP contribution in [0.25, 0.3) is 11.3 Å². The van der Waals surface area contributed by atoms with Gasteiger partial charge >= 0.3 is 0 Å². The van der Waals surface area contributed by atoms with Gasteiger partial charge in [0.05, 0.1) is 11.9 Å². The number of nitrogens with zero attached hydrogens (tertiary/aromatic N) is 1. The molecule has 2 N–H and O–H groups in total. The van der Waals surface area contributed by atoms with E-state index in [0.717, 1.165) is 12.2 Å². The lowest BCUT2D eigenvalue weighted by Crippen LogP contribution is -2.05. The summed E-state index contributed by atoms with van der Waals surface area (Å²) in [6.07, 6.45) is 1.89. The lowest BCUT2D eigenvalue weighted by molar-refractivity contribution is 0.820. The Kier molecular flexibility index (Phi) is 3.29. The molecule has 1 aromatic carbocycles. The lowest BCUT2D eigenvalue weighted by atomic mass is 9.95. The average molecular weight is 229 g/mol. The molecule has 0 atom stereocenters. The fourth-order valence-electron chi connectivity index (χ4n) is 2.43. The molecule has 0 unspecified atom stereocenters. The summed E-state index contributed by atoms with van der Waals surface area (Å²) in [5.41, 5.74) is 7.52. The number of nitrogens with one attached hydrogen (secondary N) is 2. The minimum absolute atomic E-state index is 0.832. The van der Waals surface area contributed by atoms with Gasteiger partial charge in [0.15, 0.2) is 0 Å². The molecule has 3 heteroatoms. The molecule has 0 aliphatic heterocycles. The van der Waals surface area contributed by atoms with Crippen LogP contribution in [0.5, 0.6) is 0 Å². The summed E-state index contributed by atoms with van der Waals surface area (Å²) in [6.45, 7) is 7.27. The van der Waals surface area contributed by atoms with Crippen molar-refractivity contribution in [1.82, 2.24) is 15.5 Å². The van der Waals surface area contributed by atoms with Gasteiger partial charge in [0.2, 0.25) is 0 Å². The molecule has 0 bridgehead atoms. The first-order valence-electron chi connectivity index (χ1n) is 5.88. The Morgan fingerprint density at radius 1 is 1.18 bits per heavy atom. The third-order valence-electron chi connectivity index (χ3n) is 3.01. The molecule has 0 aliphatic rings. The normalized spacial score (nSPS) is 10.8. The van der Waals surface area contributed by atoms with Crippen molar-refractivity contribution in [1.29, 1.82) is 0 Å². The van der Waals surface area contributed by atoms with E-state index in [1.165, 1.54) is 27.8 Å². The van der Waals surface area contributed by atoms with Gasteiger partial charge in [0, 0.05) is 17.7 Å². The van der Waals surface area contributed by atoms with Crippen LogP contribution in [0.15, 0.2) is 18.3 Å². The van der Waals surface area contributed by atoms with E-state index in [-0.39, 0.29) is 0 Å². The van der Waals surface area contributed by atoms with Crippen LogP contribution >= 0.6 is 0 Å². The molecule has 0 amide bonds. The molecule has 0 saturated carbocycles. The molecular weight excluding hydrogens is 210 g/mol. The minimum Gasteiger partial charge on any atom is -0.316 e. The van der Waals surface area contributed by atoms with Gasteiger partial charge in [-0.3, -0.25) is 5.10 Å². The maximum absolute atomic E-state index is 4.16. The molecule has 17 heavy (non-hydrogen) atoms. The molecular formula is C14H19N3. The maximum atomic E-state index is 4.16. The largest absolute Gasteiger partial charge is 0.316 e. The highest BCUT2D eigenvalue weighted by atomic mass is 15.1. The van der Waals surface area contributed by atoms with E-state index in [4.69, 9.17) is 0 Å². The van der Waals surface area contributed by atoms with Crippen molar-refractivity contribution >= 4 is 0 Å². The number of hydrogen-bond acceptors (Lipinski definition) is 2. The van der Waals surface area contributed by atoms with Crippen LogP contribution in [0.1, 0.15) is 22.3 Å². The number of aromatic amines is 1. The molecule has 0 fully saturated rings. The Morgan fingerprint density at radius 2 is 1.82 bits per heavy atom. The van der Waals surface area contributed by atoms with Gasteiger partial charge < -0.3 is 5.32 Å². The molecule has 0 radical (unpaired) electrons. The highest BCUT2D eigenvalue weighted by Gasteiger charge is 2.12. The fourth-order valence-corrected chi connectivity index (χ4v) is 2.43. The van der Waals surface area contributed by atoms with Crippen molar-refractivity contribution in [2.45, 2.75) is 27.3 Å². The van der Waals surface area contributed by atoms with Crippen molar-refractivity contribution in [3.05, 3.63) is 40.6 Å². The summed E-state index contributed by atoms with van der Waals surface area (Å²) < 4.78 is 0. The van der Waals surface area contributed by atoms with Crippen molar-refractivity contribution in [2.75, 3.05) is 7.05 Å². The van der Waals surface area contributed by atoms with Crippen LogP contribution in [0.2, 0.25) is 0 Å². The Labute approximate surface area is 102 Å². The summed E-state index contributed by atoms with van der Waals surface area (Å²) in [4.78, 5) is 0. The third kappa shape index (κ3) is 2.24. The quantitative estimate of drug-likeness (QED) is 0.849. The Bertz CT molecular complexity index is 503. The first kappa shape index (κ1) is 11.9. The van der Waals surface area contributed by atoms with Crippen molar-refractivity contribution in [2.24, 2.45) is 0 Å². The van der Waals surface area contributed by atoms with E-state index < -0.39 is 0 Å². The van der Waals surface area contributed by atoms with E-state index >= 15 is 0 Å². The van der Waals surface area contributed by atoms with E-state index in [1.54, 1.807) is 0 Å². The predicted molar refractivity (Wildman–Crippen MR) is 71.0 cm³/mol. The van der Waals surface area contributed by atoms with Crippen molar-refractivity contribution in [3.8, 4) is 11.3 Å². The minimum atomic E-state index is 0.832. The number of H-pyrrole nitrogens is 1. The van der Waals surface area contributed by atoms with Crippen LogP contribution < -0.4 is 5.32 Å². The van der Waals surface area contributed by atoms with E-state index in [9.17, 15) is 0 Å². The van der Waals surface area contributed by atoms with E-state index in [1.807, 2.05) is 13.2 Å². The monoisotopic (exact) mass is 229 g/mol. The Hall–Kier alpha value is -1.61. The number of aryl methyl sites for hydroxylation is 3. The lowest BCUT2D eigenvalue weighted by Gasteiger charge is -2.11. The van der Waals surface area contributed by atoms with Crippen LogP contribution in [-0.2, 0) is 6.54 Å². The average Bonchev–Trinajstić information content (AvgIpc) is 2.65. The summed E-state index contributed by atoms with van der Waals surface area (Å²) in [5.74, 6) is 0. The molecule has 1 aromatic heterocycles. The second kappa shape index (κ2) is 4.72. The third-order valence-corrected chi connectivity index (χ3v) is 3.01. The van der Waals surface area contributed by atoms with Gasteiger partial charge in [-0.25, -0.2) is 0 Å². The highest BCUT2D eigenvalue weighted by molar-refractivity contribution is 5.70.